The summed E-state index contributed by atoms with van der Waals surface area (Å²) in [4.78, 5) is 12.1. The Kier molecular flexibility index (Phi) is 4.10. The Morgan fingerprint density at radius 2 is 1.95 bits per heavy atom. The van der Waals surface area contributed by atoms with Gasteiger partial charge < -0.3 is 11.1 Å². The molecule has 3 N–H and O–H groups in total. The van der Waals surface area contributed by atoms with E-state index >= 15 is 0 Å². The van der Waals surface area contributed by atoms with Crippen molar-refractivity contribution < 1.29 is 13.2 Å². The Bertz CT molecular complexity index is 709. The number of hydrogen-bond donors (Lipinski definition) is 2. The third-order valence-electron chi connectivity index (χ3n) is 2.83. The molecule has 5 nitrogen and oxygen atoms in total. The van der Waals surface area contributed by atoms with E-state index in [-0.39, 0.29) is 4.21 Å². The average molecular weight is 310 g/mol. The van der Waals surface area contributed by atoms with E-state index in [0.29, 0.717) is 11.4 Å². The molecule has 0 saturated carbocycles. The van der Waals surface area contributed by atoms with Gasteiger partial charge in [-0.15, -0.1) is 11.3 Å². The van der Waals surface area contributed by atoms with Crippen molar-refractivity contribution in [2.75, 3.05) is 11.1 Å². The van der Waals surface area contributed by atoms with Crippen LogP contribution in [0.25, 0.3) is 0 Å². The molecule has 1 aromatic heterocycles. The predicted molar refractivity (Wildman–Crippen MR) is 80.5 cm³/mol. The molecule has 0 aliphatic carbocycles. The van der Waals surface area contributed by atoms with Crippen LogP contribution in [0.1, 0.15) is 6.92 Å². The fourth-order valence-corrected chi connectivity index (χ4v) is 4.13. The molecule has 1 unspecified atom stereocenters. The van der Waals surface area contributed by atoms with E-state index in [1.165, 1.54) is 13.0 Å². The zero-order chi connectivity index (χ0) is 14.8. The number of hydrogen-bond acceptors (Lipinski definition) is 5. The number of nitrogen functional groups attached to an aromatic ring is 1. The highest BCUT2D eigenvalue weighted by atomic mass is 32.2. The highest BCUT2D eigenvalue weighted by molar-refractivity contribution is 7.94. The van der Waals surface area contributed by atoms with Gasteiger partial charge in [0.25, 0.3) is 0 Å². The molecule has 0 saturated heterocycles. The standard InChI is InChI=1S/C13H14N2O3S2/c1-9(20(17,18)12-7-4-8-19-12)13(16)15-11-6-3-2-5-10(11)14/h2-9H,14H2,1H3,(H,15,16). The lowest BCUT2D eigenvalue weighted by molar-refractivity contribution is -0.115. The van der Waals surface area contributed by atoms with Crippen LogP contribution in [-0.2, 0) is 14.6 Å². The Morgan fingerprint density at radius 1 is 1.25 bits per heavy atom. The van der Waals surface area contributed by atoms with Gasteiger partial charge in [-0.25, -0.2) is 8.42 Å². The molecule has 106 valence electrons. The van der Waals surface area contributed by atoms with Crippen molar-refractivity contribution in [3.05, 3.63) is 41.8 Å². The predicted octanol–water partition coefficient (Wildman–Crippen LogP) is 2.13. The number of sulfone groups is 1. The first-order valence-corrected chi connectivity index (χ1v) is 8.28. The summed E-state index contributed by atoms with van der Waals surface area (Å²) >= 11 is 1.09. The van der Waals surface area contributed by atoms with Gasteiger partial charge in [-0.2, -0.15) is 0 Å². The molecule has 0 bridgehead atoms. The molecule has 1 atom stereocenters. The fourth-order valence-electron chi connectivity index (χ4n) is 1.59. The molecule has 2 aromatic rings. The van der Waals surface area contributed by atoms with E-state index in [1.54, 1.807) is 35.7 Å². The van der Waals surface area contributed by atoms with Crippen LogP contribution in [0, 0.1) is 0 Å². The van der Waals surface area contributed by atoms with Crippen molar-refractivity contribution in [2.24, 2.45) is 0 Å². The van der Waals surface area contributed by atoms with Crippen molar-refractivity contribution >= 4 is 38.5 Å². The van der Waals surface area contributed by atoms with Gasteiger partial charge in [-0.05, 0) is 30.5 Å². The number of para-hydroxylation sites is 2. The largest absolute Gasteiger partial charge is 0.397 e. The van der Waals surface area contributed by atoms with Crippen LogP contribution in [0.2, 0.25) is 0 Å². The normalized spacial score (nSPS) is 12.8. The van der Waals surface area contributed by atoms with Gasteiger partial charge in [-0.3, -0.25) is 4.79 Å². The number of thiophene rings is 1. The summed E-state index contributed by atoms with van der Waals surface area (Å²) in [6.07, 6.45) is 0. The second-order valence-corrected chi connectivity index (χ2v) is 7.64. The van der Waals surface area contributed by atoms with Crippen molar-refractivity contribution in [2.45, 2.75) is 16.4 Å². The summed E-state index contributed by atoms with van der Waals surface area (Å²) in [6.45, 7) is 1.36. The number of amides is 1. The Hall–Kier alpha value is -1.86. The summed E-state index contributed by atoms with van der Waals surface area (Å²) in [7, 11) is -3.66. The smallest absolute Gasteiger partial charge is 0.242 e. The van der Waals surface area contributed by atoms with Crippen LogP contribution in [0.4, 0.5) is 11.4 Å². The molecule has 0 fully saturated rings. The minimum absolute atomic E-state index is 0.182. The molecular formula is C13H14N2O3S2. The van der Waals surface area contributed by atoms with E-state index in [9.17, 15) is 13.2 Å². The molecule has 1 heterocycles. The quantitative estimate of drug-likeness (QED) is 0.847. The van der Waals surface area contributed by atoms with Crippen molar-refractivity contribution in [1.29, 1.82) is 0 Å². The van der Waals surface area contributed by atoms with E-state index in [4.69, 9.17) is 5.73 Å². The number of anilines is 2. The van der Waals surface area contributed by atoms with Gasteiger partial charge in [0.05, 0.1) is 11.4 Å². The van der Waals surface area contributed by atoms with E-state index in [1.807, 2.05) is 0 Å². The lowest BCUT2D eigenvalue weighted by atomic mass is 10.2. The number of carbonyl (C=O) groups excluding carboxylic acids is 1. The molecular weight excluding hydrogens is 296 g/mol. The Labute approximate surface area is 121 Å². The number of nitrogens with two attached hydrogens (primary N) is 1. The molecule has 0 radical (unpaired) electrons. The lowest BCUT2D eigenvalue weighted by Gasteiger charge is -2.13. The maximum Gasteiger partial charge on any atom is 0.242 e. The first-order chi connectivity index (χ1) is 9.43. The van der Waals surface area contributed by atoms with Crippen molar-refractivity contribution in [1.82, 2.24) is 0 Å². The summed E-state index contributed by atoms with van der Waals surface area (Å²) in [6, 6.07) is 9.82. The van der Waals surface area contributed by atoms with Gasteiger partial charge in [0, 0.05) is 0 Å². The minimum atomic E-state index is -3.66. The lowest BCUT2D eigenvalue weighted by Crippen LogP contribution is -2.32. The maximum atomic E-state index is 12.2. The van der Waals surface area contributed by atoms with Crippen LogP contribution in [0.3, 0.4) is 0 Å². The maximum absolute atomic E-state index is 12.2. The minimum Gasteiger partial charge on any atom is -0.397 e. The van der Waals surface area contributed by atoms with E-state index in [0.717, 1.165) is 11.3 Å². The third kappa shape index (κ3) is 2.83. The highest BCUT2D eigenvalue weighted by Crippen LogP contribution is 2.23. The Morgan fingerprint density at radius 3 is 2.55 bits per heavy atom. The molecule has 1 aromatic carbocycles. The second-order valence-electron chi connectivity index (χ2n) is 4.20. The van der Waals surface area contributed by atoms with Crippen molar-refractivity contribution in [3.63, 3.8) is 0 Å². The van der Waals surface area contributed by atoms with Crippen LogP contribution in [-0.4, -0.2) is 19.6 Å². The number of carbonyl (C=O) groups is 1. The summed E-state index contributed by atoms with van der Waals surface area (Å²) in [5, 5.41) is 3.02. The van der Waals surface area contributed by atoms with Crippen LogP contribution >= 0.6 is 11.3 Å². The second kappa shape index (κ2) is 5.64. The number of nitrogens with one attached hydrogen (secondary N) is 1. The first-order valence-electron chi connectivity index (χ1n) is 5.85. The van der Waals surface area contributed by atoms with Gasteiger partial charge in [0.15, 0.2) is 9.84 Å². The van der Waals surface area contributed by atoms with Gasteiger partial charge in [0.2, 0.25) is 5.91 Å². The van der Waals surface area contributed by atoms with Crippen LogP contribution < -0.4 is 11.1 Å². The molecule has 2 rings (SSSR count). The summed E-state index contributed by atoms with van der Waals surface area (Å²) in [5.74, 6) is -0.601. The topological polar surface area (TPSA) is 89.3 Å². The number of rotatable bonds is 4. The molecule has 0 spiro atoms. The van der Waals surface area contributed by atoms with Gasteiger partial charge >= 0.3 is 0 Å². The monoisotopic (exact) mass is 310 g/mol. The zero-order valence-electron chi connectivity index (χ0n) is 10.7. The molecule has 20 heavy (non-hydrogen) atoms. The highest BCUT2D eigenvalue weighted by Gasteiger charge is 2.30. The third-order valence-corrected chi connectivity index (χ3v) is 6.32. The number of benzene rings is 1. The molecule has 7 heteroatoms. The van der Waals surface area contributed by atoms with E-state index in [2.05, 4.69) is 5.32 Å². The van der Waals surface area contributed by atoms with Crippen LogP contribution in [0.5, 0.6) is 0 Å². The zero-order valence-corrected chi connectivity index (χ0v) is 12.4. The first kappa shape index (κ1) is 14.5. The van der Waals surface area contributed by atoms with Gasteiger partial charge in [0.1, 0.15) is 9.46 Å². The molecule has 0 aliphatic heterocycles. The summed E-state index contributed by atoms with van der Waals surface area (Å²) < 4.78 is 24.6. The Balaban J connectivity index is 2.20. The van der Waals surface area contributed by atoms with E-state index < -0.39 is 21.0 Å². The SMILES string of the molecule is CC(C(=O)Nc1ccccc1N)S(=O)(=O)c1cccs1. The molecule has 1 amide bonds. The fraction of sp³-hybridized carbons (Fsp3) is 0.154. The average Bonchev–Trinajstić information content (AvgIpc) is 2.95. The van der Waals surface area contributed by atoms with Crippen molar-refractivity contribution in [3.8, 4) is 0 Å². The molecule has 0 aliphatic rings. The van der Waals surface area contributed by atoms with Crippen LogP contribution in [0.15, 0.2) is 46.0 Å². The summed E-state index contributed by atoms with van der Waals surface area (Å²) in [5.41, 5.74) is 6.51. The van der Waals surface area contributed by atoms with Gasteiger partial charge in [-0.1, -0.05) is 18.2 Å².